The monoisotopic (exact) mass is 382 g/mol. The highest BCUT2D eigenvalue weighted by Crippen LogP contribution is 2.32. The normalized spacial score (nSPS) is 15.7. The van der Waals surface area contributed by atoms with Gasteiger partial charge in [0, 0.05) is 17.8 Å². The maximum Gasteiger partial charge on any atom is 0.305 e. The Bertz CT molecular complexity index is 685. The lowest BCUT2D eigenvalue weighted by molar-refractivity contribution is -0.143. The zero-order valence-electron chi connectivity index (χ0n) is 13.6. The van der Waals surface area contributed by atoms with Crippen molar-refractivity contribution < 1.29 is 23.9 Å². The molecule has 3 amide bonds. The van der Waals surface area contributed by atoms with Crippen LogP contribution in [-0.2, 0) is 19.1 Å². The number of rotatable bonds is 8. The van der Waals surface area contributed by atoms with Crippen molar-refractivity contribution in [2.24, 2.45) is 0 Å². The summed E-state index contributed by atoms with van der Waals surface area (Å²) in [4.78, 5) is 49.3. The van der Waals surface area contributed by atoms with Gasteiger partial charge in [-0.15, -0.1) is 11.3 Å². The van der Waals surface area contributed by atoms with Crippen LogP contribution in [0.3, 0.4) is 0 Å². The van der Waals surface area contributed by atoms with E-state index in [4.69, 9.17) is 4.74 Å². The molecule has 9 heteroatoms. The lowest BCUT2D eigenvalue weighted by Gasteiger charge is -2.12. The third-order valence-electron chi connectivity index (χ3n) is 3.18. The molecule has 2 heterocycles. The molecule has 0 saturated carbocycles. The van der Waals surface area contributed by atoms with Gasteiger partial charge >= 0.3 is 5.97 Å². The summed E-state index contributed by atoms with van der Waals surface area (Å²) >= 11 is 2.28. The van der Waals surface area contributed by atoms with Gasteiger partial charge in [0.1, 0.15) is 6.54 Å². The van der Waals surface area contributed by atoms with Gasteiger partial charge in [-0.05, 0) is 42.6 Å². The van der Waals surface area contributed by atoms with Crippen LogP contribution in [0.4, 0.5) is 4.79 Å². The Morgan fingerprint density at radius 1 is 1.36 bits per heavy atom. The molecule has 25 heavy (non-hydrogen) atoms. The van der Waals surface area contributed by atoms with E-state index in [2.05, 4.69) is 5.32 Å². The smallest absolute Gasteiger partial charge is 0.305 e. The number of ether oxygens (including phenoxy) is 1. The van der Waals surface area contributed by atoms with E-state index in [1.54, 1.807) is 13.0 Å². The maximum atomic E-state index is 12.2. The van der Waals surface area contributed by atoms with E-state index in [0.717, 1.165) is 21.5 Å². The van der Waals surface area contributed by atoms with Crippen LogP contribution in [0.25, 0.3) is 6.08 Å². The van der Waals surface area contributed by atoms with E-state index in [1.165, 1.54) is 11.3 Å². The van der Waals surface area contributed by atoms with Gasteiger partial charge in [-0.3, -0.25) is 24.1 Å². The lowest BCUT2D eigenvalue weighted by Crippen LogP contribution is -2.39. The van der Waals surface area contributed by atoms with E-state index in [0.29, 0.717) is 17.9 Å². The molecule has 134 valence electrons. The quantitative estimate of drug-likeness (QED) is 0.421. The SMILES string of the molecule is CCOC(=O)CCCNC(=O)CN1C(=O)S/C(=C/c2cccs2)C1=O. The minimum absolute atomic E-state index is 0.208. The molecule has 2 rings (SSSR count). The van der Waals surface area contributed by atoms with Crippen LogP contribution in [0.5, 0.6) is 0 Å². The number of nitrogens with zero attached hydrogens (tertiary/aromatic N) is 1. The number of carbonyl (C=O) groups is 4. The lowest BCUT2D eigenvalue weighted by atomic mass is 10.3. The number of esters is 1. The number of carbonyl (C=O) groups excluding carboxylic acids is 4. The molecular formula is C16H18N2O5S2. The summed E-state index contributed by atoms with van der Waals surface area (Å²) in [6, 6.07) is 3.69. The van der Waals surface area contributed by atoms with Crippen LogP contribution in [0.15, 0.2) is 22.4 Å². The van der Waals surface area contributed by atoms with Crippen LogP contribution in [-0.4, -0.2) is 47.6 Å². The Kier molecular flexibility index (Phi) is 7.20. The van der Waals surface area contributed by atoms with E-state index < -0.39 is 17.1 Å². The third kappa shape index (κ3) is 5.71. The van der Waals surface area contributed by atoms with Crippen molar-refractivity contribution >= 4 is 52.2 Å². The maximum absolute atomic E-state index is 12.2. The first-order valence-electron chi connectivity index (χ1n) is 7.72. The molecule has 0 bridgehead atoms. The minimum Gasteiger partial charge on any atom is -0.466 e. The molecule has 0 spiro atoms. The second-order valence-corrected chi connectivity index (χ2v) is 7.01. The molecule has 1 aromatic rings. The first kappa shape index (κ1) is 19.2. The predicted octanol–water partition coefficient (Wildman–Crippen LogP) is 2.24. The van der Waals surface area contributed by atoms with Gasteiger partial charge in [0.15, 0.2) is 0 Å². The summed E-state index contributed by atoms with van der Waals surface area (Å²) < 4.78 is 4.78. The van der Waals surface area contributed by atoms with Crippen molar-refractivity contribution in [2.45, 2.75) is 19.8 Å². The van der Waals surface area contributed by atoms with Crippen LogP contribution in [0, 0.1) is 0 Å². The Morgan fingerprint density at radius 2 is 2.16 bits per heavy atom. The summed E-state index contributed by atoms with van der Waals surface area (Å²) in [6.07, 6.45) is 2.29. The molecule has 1 aliphatic rings. The topological polar surface area (TPSA) is 92.8 Å². The number of amides is 3. The molecule has 1 fully saturated rings. The average molecular weight is 382 g/mol. The highest BCUT2D eigenvalue weighted by molar-refractivity contribution is 8.18. The second-order valence-electron chi connectivity index (χ2n) is 5.04. The Labute approximate surface area is 153 Å². The fraction of sp³-hybridized carbons (Fsp3) is 0.375. The van der Waals surface area contributed by atoms with Gasteiger partial charge in [0.2, 0.25) is 5.91 Å². The largest absolute Gasteiger partial charge is 0.466 e. The fourth-order valence-corrected chi connectivity index (χ4v) is 3.59. The van der Waals surface area contributed by atoms with E-state index in [-0.39, 0.29) is 25.5 Å². The van der Waals surface area contributed by atoms with Crippen molar-refractivity contribution in [3.8, 4) is 0 Å². The Balaban J connectivity index is 1.79. The molecule has 1 saturated heterocycles. The van der Waals surface area contributed by atoms with Crippen molar-refractivity contribution in [3.63, 3.8) is 0 Å². The number of hydrogen-bond donors (Lipinski definition) is 1. The molecule has 7 nitrogen and oxygen atoms in total. The van der Waals surface area contributed by atoms with Gasteiger partial charge in [0.05, 0.1) is 11.5 Å². The van der Waals surface area contributed by atoms with E-state index in [9.17, 15) is 19.2 Å². The summed E-state index contributed by atoms with van der Waals surface area (Å²) in [6.45, 7) is 2.00. The molecule has 0 atom stereocenters. The van der Waals surface area contributed by atoms with Crippen molar-refractivity contribution in [1.82, 2.24) is 10.2 Å². The Hall–Kier alpha value is -2.13. The standard InChI is InChI=1S/C16H18N2O5S2/c1-2-23-14(20)6-3-7-17-13(19)10-18-15(21)12(25-16(18)22)9-11-5-4-8-24-11/h4-5,8-9H,2-3,6-7,10H2,1H3,(H,17,19)/b12-9+. The molecule has 0 unspecified atom stereocenters. The first-order chi connectivity index (χ1) is 12.0. The van der Waals surface area contributed by atoms with Crippen molar-refractivity contribution in [2.75, 3.05) is 19.7 Å². The van der Waals surface area contributed by atoms with Gasteiger partial charge in [-0.1, -0.05) is 6.07 Å². The molecule has 1 N–H and O–H groups in total. The van der Waals surface area contributed by atoms with Crippen molar-refractivity contribution in [3.05, 3.63) is 27.3 Å². The summed E-state index contributed by atoms with van der Waals surface area (Å²) in [5.74, 6) is -1.23. The van der Waals surface area contributed by atoms with Gasteiger partial charge in [-0.25, -0.2) is 0 Å². The second kappa shape index (κ2) is 9.38. The molecule has 1 aliphatic heterocycles. The summed E-state index contributed by atoms with van der Waals surface area (Å²) in [5.41, 5.74) is 0. The Morgan fingerprint density at radius 3 is 2.84 bits per heavy atom. The summed E-state index contributed by atoms with van der Waals surface area (Å²) in [5, 5.41) is 4.00. The molecule has 0 aromatic carbocycles. The zero-order valence-corrected chi connectivity index (χ0v) is 15.3. The molecular weight excluding hydrogens is 364 g/mol. The average Bonchev–Trinajstić information content (AvgIpc) is 3.16. The van der Waals surface area contributed by atoms with Crippen molar-refractivity contribution in [1.29, 1.82) is 0 Å². The van der Waals surface area contributed by atoms with Crippen LogP contribution >= 0.6 is 23.1 Å². The third-order valence-corrected chi connectivity index (χ3v) is 4.90. The number of hydrogen-bond acceptors (Lipinski definition) is 7. The number of thioether (sulfide) groups is 1. The van der Waals surface area contributed by atoms with Gasteiger partial charge in [-0.2, -0.15) is 0 Å². The van der Waals surface area contributed by atoms with Crippen LogP contribution in [0.2, 0.25) is 0 Å². The number of imide groups is 1. The minimum atomic E-state index is -0.468. The number of thiophene rings is 1. The van der Waals surface area contributed by atoms with E-state index >= 15 is 0 Å². The summed E-state index contributed by atoms with van der Waals surface area (Å²) in [7, 11) is 0. The fourth-order valence-electron chi connectivity index (χ4n) is 2.03. The van der Waals surface area contributed by atoms with Gasteiger partial charge < -0.3 is 10.1 Å². The van der Waals surface area contributed by atoms with Crippen LogP contribution in [0.1, 0.15) is 24.6 Å². The van der Waals surface area contributed by atoms with E-state index in [1.807, 2.05) is 17.5 Å². The highest BCUT2D eigenvalue weighted by atomic mass is 32.2. The predicted molar refractivity (Wildman–Crippen MR) is 95.9 cm³/mol. The zero-order chi connectivity index (χ0) is 18.2. The number of nitrogens with one attached hydrogen (secondary N) is 1. The molecule has 0 radical (unpaired) electrons. The highest BCUT2D eigenvalue weighted by Gasteiger charge is 2.36. The van der Waals surface area contributed by atoms with Gasteiger partial charge in [0.25, 0.3) is 11.1 Å². The molecule has 0 aliphatic carbocycles. The molecule has 1 aromatic heterocycles. The first-order valence-corrected chi connectivity index (χ1v) is 9.42. The van der Waals surface area contributed by atoms with Crippen LogP contribution < -0.4 is 5.32 Å².